The number of hydrogen-bond donors (Lipinski definition) is 1. The maximum atomic E-state index is 12.6. The van der Waals surface area contributed by atoms with Crippen molar-refractivity contribution in [3.05, 3.63) is 45.1 Å². The summed E-state index contributed by atoms with van der Waals surface area (Å²) in [5.74, 6) is 2.58. The molecule has 2 heterocycles. The molecule has 0 atom stereocenters. The summed E-state index contributed by atoms with van der Waals surface area (Å²) >= 11 is 0. The number of nitrogens with zero attached hydrogens (tertiary/aromatic N) is 2. The molecule has 0 unspecified atom stereocenters. The van der Waals surface area contributed by atoms with E-state index in [1.54, 1.807) is 21.3 Å². The van der Waals surface area contributed by atoms with E-state index in [-0.39, 0.29) is 11.0 Å². The van der Waals surface area contributed by atoms with E-state index >= 15 is 0 Å². The highest BCUT2D eigenvalue weighted by Gasteiger charge is 2.25. The summed E-state index contributed by atoms with van der Waals surface area (Å²) in [5, 5.41) is 0. The van der Waals surface area contributed by atoms with E-state index < -0.39 is 0 Å². The van der Waals surface area contributed by atoms with Crippen molar-refractivity contribution in [2.45, 2.75) is 45.7 Å². The summed E-state index contributed by atoms with van der Waals surface area (Å²) in [6.07, 6.45) is 0.757. The molecule has 152 valence electrons. The van der Waals surface area contributed by atoms with E-state index in [0.29, 0.717) is 30.3 Å². The number of fused-ring (bicyclic) bond motifs is 1. The smallest absolute Gasteiger partial charge is 0.255 e. The lowest BCUT2D eigenvalue weighted by Gasteiger charge is -2.29. The van der Waals surface area contributed by atoms with Gasteiger partial charge in [0.25, 0.3) is 5.56 Å². The Morgan fingerprint density at radius 3 is 2.29 bits per heavy atom. The van der Waals surface area contributed by atoms with Gasteiger partial charge in [-0.25, -0.2) is 4.98 Å². The van der Waals surface area contributed by atoms with E-state index in [9.17, 15) is 4.79 Å². The fraction of sp³-hybridized carbons (Fsp3) is 0.524. The molecule has 1 N–H and O–H groups in total. The van der Waals surface area contributed by atoms with Gasteiger partial charge in [0, 0.05) is 31.5 Å². The van der Waals surface area contributed by atoms with Crippen molar-refractivity contribution < 1.29 is 14.2 Å². The summed E-state index contributed by atoms with van der Waals surface area (Å²) in [5.41, 5.74) is 2.49. The number of benzene rings is 1. The Balaban J connectivity index is 1.85. The van der Waals surface area contributed by atoms with Crippen LogP contribution in [0.25, 0.3) is 0 Å². The predicted molar refractivity (Wildman–Crippen MR) is 107 cm³/mol. The molecule has 1 aliphatic heterocycles. The Morgan fingerprint density at radius 1 is 1.11 bits per heavy atom. The largest absolute Gasteiger partial charge is 0.493 e. The van der Waals surface area contributed by atoms with E-state index in [1.165, 1.54) is 0 Å². The van der Waals surface area contributed by atoms with Gasteiger partial charge in [0.1, 0.15) is 5.82 Å². The third kappa shape index (κ3) is 3.99. The van der Waals surface area contributed by atoms with Gasteiger partial charge in [-0.2, -0.15) is 0 Å². The fourth-order valence-corrected chi connectivity index (χ4v) is 3.46. The molecule has 28 heavy (non-hydrogen) atoms. The predicted octanol–water partition coefficient (Wildman–Crippen LogP) is 2.65. The third-order valence-electron chi connectivity index (χ3n) is 4.99. The molecule has 3 rings (SSSR count). The minimum Gasteiger partial charge on any atom is -0.493 e. The lowest BCUT2D eigenvalue weighted by molar-refractivity contribution is 0.239. The van der Waals surface area contributed by atoms with Crippen LogP contribution in [-0.2, 0) is 24.9 Å². The van der Waals surface area contributed by atoms with Crippen molar-refractivity contribution in [2.24, 2.45) is 0 Å². The quantitative estimate of drug-likeness (QED) is 0.850. The molecule has 7 nitrogen and oxygen atoms in total. The van der Waals surface area contributed by atoms with Crippen LogP contribution in [0.5, 0.6) is 17.2 Å². The van der Waals surface area contributed by atoms with Gasteiger partial charge in [0.05, 0.1) is 32.6 Å². The first-order chi connectivity index (χ1) is 13.3. The zero-order valence-electron chi connectivity index (χ0n) is 17.5. The SMILES string of the molecule is COc1cc(CN2CCc3nc(C(C)(C)C)[nH]c(=O)c3C2)cc(OC)c1OC. The molecule has 7 heteroatoms. The molecule has 1 aromatic carbocycles. The molecular weight excluding hydrogens is 358 g/mol. The summed E-state index contributed by atoms with van der Waals surface area (Å²) in [6, 6.07) is 3.89. The van der Waals surface area contributed by atoms with Crippen LogP contribution < -0.4 is 19.8 Å². The van der Waals surface area contributed by atoms with Crippen molar-refractivity contribution >= 4 is 0 Å². The van der Waals surface area contributed by atoms with Crippen LogP contribution >= 0.6 is 0 Å². The average Bonchev–Trinajstić information content (AvgIpc) is 2.66. The summed E-state index contributed by atoms with van der Waals surface area (Å²) in [4.78, 5) is 22.6. The van der Waals surface area contributed by atoms with Crippen LogP contribution in [0.4, 0.5) is 0 Å². The lowest BCUT2D eigenvalue weighted by Crippen LogP contribution is -2.37. The van der Waals surface area contributed by atoms with Crippen molar-refractivity contribution in [3.63, 3.8) is 0 Å². The second kappa shape index (κ2) is 7.83. The average molecular weight is 387 g/mol. The maximum Gasteiger partial charge on any atom is 0.255 e. The van der Waals surface area contributed by atoms with E-state index in [1.807, 2.05) is 12.1 Å². The van der Waals surface area contributed by atoms with Crippen molar-refractivity contribution in [1.29, 1.82) is 0 Å². The van der Waals surface area contributed by atoms with Crippen LogP contribution in [0.3, 0.4) is 0 Å². The molecule has 0 saturated carbocycles. The van der Waals surface area contributed by atoms with Gasteiger partial charge in [-0.05, 0) is 17.7 Å². The minimum absolute atomic E-state index is 0.0375. The molecule has 0 radical (unpaired) electrons. The monoisotopic (exact) mass is 387 g/mol. The van der Waals surface area contributed by atoms with Gasteiger partial charge in [-0.3, -0.25) is 9.69 Å². The number of nitrogens with one attached hydrogen (secondary N) is 1. The van der Waals surface area contributed by atoms with Crippen molar-refractivity contribution in [2.75, 3.05) is 27.9 Å². The molecule has 1 aromatic heterocycles. The summed E-state index contributed by atoms with van der Waals surface area (Å²) < 4.78 is 16.3. The van der Waals surface area contributed by atoms with Crippen LogP contribution in [0, 0.1) is 0 Å². The number of aromatic nitrogens is 2. The topological polar surface area (TPSA) is 76.7 Å². The van der Waals surface area contributed by atoms with Crippen LogP contribution in [0.15, 0.2) is 16.9 Å². The molecule has 0 fully saturated rings. The van der Waals surface area contributed by atoms with E-state index in [0.717, 1.165) is 35.6 Å². The van der Waals surface area contributed by atoms with Gasteiger partial charge in [-0.15, -0.1) is 0 Å². The highest BCUT2D eigenvalue weighted by molar-refractivity contribution is 5.53. The fourth-order valence-electron chi connectivity index (χ4n) is 3.46. The molecule has 0 bridgehead atoms. The Hall–Kier alpha value is -2.54. The first-order valence-corrected chi connectivity index (χ1v) is 9.40. The molecular formula is C21H29N3O4. The second-order valence-electron chi connectivity index (χ2n) is 8.08. The Morgan fingerprint density at radius 2 is 1.75 bits per heavy atom. The highest BCUT2D eigenvalue weighted by atomic mass is 16.5. The van der Waals surface area contributed by atoms with Crippen LogP contribution in [0.2, 0.25) is 0 Å². The van der Waals surface area contributed by atoms with Gasteiger partial charge in [0.15, 0.2) is 11.5 Å². The standard InChI is InChI=1S/C21H29N3O4/c1-21(2,3)20-22-15-7-8-24(12-14(15)19(25)23-20)11-13-9-16(26-4)18(28-6)17(10-13)27-5/h9-10H,7-8,11-12H2,1-6H3,(H,22,23,25). The number of rotatable bonds is 5. The summed E-state index contributed by atoms with van der Waals surface area (Å²) in [7, 11) is 4.80. The third-order valence-corrected chi connectivity index (χ3v) is 4.99. The Labute approximate surface area is 165 Å². The minimum atomic E-state index is -0.179. The number of aromatic amines is 1. The zero-order chi connectivity index (χ0) is 20.5. The molecule has 1 aliphatic rings. The number of methoxy groups -OCH3 is 3. The van der Waals surface area contributed by atoms with Crippen LogP contribution in [0.1, 0.15) is 43.4 Å². The Bertz CT molecular complexity index is 890. The molecule has 0 amide bonds. The van der Waals surface area contributed by atoms with Gasteiger partial charge in [-0.1, -0.05) is 20.8 Å². The van der Waals surface area contributed by atoms with E-state index in [4.69, 9.17) is 19.2 Å². The highest BCUT2D eigenvalue weighted by Crippen LogP contribution is 2.38. The normalized spacial score (nSPS) is 14.5. The maximum absolute atomic E-state index is 12.6. The number of H-pyrrole nitrogens is 1. The molecule has 2 aromatic rings. The van der Waals surface area contributed by atoms with E-state index in [2.05, 4.69) is 30.7 Å². The first kappa shape index (κ1) is 20.2. The zero-order valence-corrected chi connectivity index (χ0v) is 17.5. The molecule has 0 saturated heterocycles. The number of hydrogen-bond acceptors (Lipinski definition) is 6. The van der Waals surface area contributed by atoms with Crippen molar-refractivity contribution in [1.82, 2.24) is 14.9 Å². The van der Waals surface area contributed by atoms with Crippen molar-refractivity contribution in [3.8, 4) is 17.2 Å². The van der Waals surface area contributed by atoms with Gasteiger partial charge in [0.2, 0.25) is 5.75 Å². The van der Waals surface area contributed by atoms with Gasteiger partial charge >= 0.3 is 0 Å². The Kier molecular flexibility index (Phi) is 5.65. The second-order valence-corrected chi connectivity index (χ2v) is 8.08. The lowest BCUT2D eigenvalue weighted by atomic mass is 9.95. The number of ether oxygens (including phenoxy) is 3. The first-order valence-electron chi connectivity index (χ1n) is 9.40. The molecule has 0 aliphatic carbocycles. The molecule has 0 spiro atoms. The summed E-state index contributed by atoms with van der Waals surface area (Å²) in [6.45, 7) is 8.24. The van der Waals surface area contributed by atoms with Gasteiger partial charge < -0.3 is 19.2 Å². The van der Waals surface area contributed by atoms with Crippen LogP contribution in [-0.4, -0.2) is 42.7 Å².